The highest BCUT2D eigenvalue weighted by molar-refractivity contribution is 9.09. The van der Waals surface area contributed by atoms with Gasteiger partial charge in [-0.3, -0.25) is 4.79 Å². The summed E-state index contributed by atoms with van der Waals surface area (Å²) in [7, 11) is 0. The first-order valence-electron chi connectivity index (χ1n) is 4.17. The molecule has 0 saturated carbocycles. The molecule has 0 rings (SSSR count). The zero-order valence-electron chi connectivity index (χ0n) is 7.38. The molecule has 0 bridgehead atoms. The van der Waals surface area contributed by atoms with E-state index < -0.39 is 0 Å². The Kier molecular flexibility index (Phi) is 8.56. The largest absolute Gasteiger partial charge is 0.466 e. The first-order valence-corrected chi connectivity index (χ1v) is 5.30. The first kappa shape index (κ1) is 11.7. The minimum Gasteiger partial charge on any atom is -0.466 e. The molecular formula is C9H15BrO2. The lowest BCUT2D eigenvalue weighted by Crippen LogP contribution is -2.02. The number of unbranched alkanes of at least 4 members (excludes halogenated alkanes) is 1. The van der Waals surface area contributed by atoms with Gasteiger partial charge in [-0.05, 0) is 19.8 Å². The van der Waals surface area contributed by atoms with Crippen LogP contribution >= 0.6 is 15.9 Å². The third kappa shape index (κ3) is 7.79. The number of ether oxygens (including phenoxy) is 1. The smallest absolute Gasteiger partial charge is 0.305 e. The molecule has 0 aliphatic rings. The molecule has 0 aliphatic carbocycles. The zero-order chi connectivity index (χ0) is 9.23. The summed E-state index contributed by atoms with van der Waals surface area (Å²) < 4.78 is 4.78. The van der Waals surface area contributed by atoms with E-state index >= 15 is 0 Å². The van der Waals surface area contributed by atoms with E-state index in [0.717, 1.165) is 18.2 Å². The van der Waals surface area contributed by atoms with Gasteiger partial charge >= 0.3 is 5.97 Å². The average Bonchev–Trinajstić information content (AvgIpc) is 2.05. The molecule has 0 aliphatic heterocycles. The maximum Gasteiger partial charge on any atom is 0.305 e. The fourth-order valence-corrected chi connectivity index (χ4v) is 1.04. The van der Waals surface area contributed by atoms with Crippen LogP contribution in [0.2, 0.25) is 0 Å². The van der Waals surface area contributed by atoms with Crippen molar-refractivity contribution in [2.75, 3.05) is 11.9 Å². The summed E-state index contributed by atoms with van der Waals surface area (Å²) in [5, 5.41) is 0.881. The van der Waals surface area contributed by atoms with Gasteiger partial charge in [-0.1, -0.05) is 28.1 Å². The van der Waals surface area contributed by atoms with Crippen molar-refractivity contribution in [1.82, 2.24) is 0 Å². The van der Waals surface area contributed by atoms with Crippen LogP contribution in [-0.4, -0.2) is 17.9 Å². The van der Waals surface area contributed by atoms with E-state index in [1.165, 1.54) is 0 Å². The quantitative estimate of drug-likeness (QED) is 0.306. The highest BCUT2D eigenvalue weighted by Gasteiger charge is 1.98. The van der Waals surface area contributed by atoms with Crippen molar-refractivity contribution in [2.45, 2.75) is 26.2 Å². The Morgan fingerprint density at radius 3 is 2.83 bits per heavy atom. The van der Waals surface area contributed by atoms with Crippen LogP contribution in [-0.2, 0) is 9.53 Å². The van der Waals surface area contributed by atoms with Crippen molar-refractivity contribution in [1.29, 1.82) is 0 Å². The summed E-state index contributed by atoms with van der Waals surface area (Å²) in [5.41, 5.74) is 0. The van der Waals surface area contributed by atoms with Gasteiger partial charge in [-0.25, -0.2) is 0 Å². The molecule has 12 heavy (non-hydrogen) atoms. The van der Waals surface area contributed by atoms with Crippen molar-refractivity contribution in [3.05, 3.63) is 12.2 Å². The fourth-order valence-electron chi connectivity index (χ4n) is 0.778. The third-order valence-electron chi connectivity index (χ3n) is 1.31. The average molecular weight is 235 g/mol. The van der Waals surface area contributed by atoms with Gasteiger partial charge in [-0.15, -0.1) is 0 Å². The Hall–Kier alpha value is -0.310. The predicted molar refractivity (Wildman–Crippen MR) is 53.4 cm³/mol. The van der Waals surface area contributed by atoms with Crippen LogP contribution < -0.4 is 0 Å². The third-order valence-corrected chi connectivity index (χ3v) is 1.69. The molecule has 0 aromatic heterocycles. The minimum atomic E-state index is -0.0928. The Bertz CT molecular complexity index is 143. The van der Waals surface area contributed by atoms with Crippen LogP contribution in [0.5, 0.6) is 0 Å². The van der Waals surface area contributed by atoms with E-state index in [9.17, 15) is 4.79 Å². The fraction of sp³-hybridized carbons (Fsp3) is 0.667. The number of hydrogen-bond donors (Lipinski definition) is 0. The lowest BCUT2D eigenvalue weighted by molar-refractivity contribution is -0.143. The van der Waals surface area contributed by atoms with E-state index in [2.05, 4.69) is 22.0 Å². The van der Waals surface area contributed by atoms with E-state index in [0.29, 0.717) is 13.0 Å². The second-order valence-electron chi connectivity index (χ2n) is 2.32. The number of alkyl halides is 1. The minimum absolute atomic E-state index is 0.0928. The van der Waals surface area contributed by atoms with Crippen molar-refractivity contribution in [2.24, 2.45) is 0 Å². The lowest BCUT2D eigenvalue weighted by Gasteiger charge is -1.98. The lowest BCUT2D eigenvalue weighted by atomic mass is 10.2. The molecule has 2 nitrogen and oxygen atoms in total. The summed E-state index contributed by atoms with van der Waals surface area (Å²) in [5.74, 6) is -0.0928. The summed E-state index contributed by atoms with van der Waals surface area (Å²) in [6.07, 6.45) is 6.45. The molecule has 0 N–H and O–H groups in total. The second-order valence-corrected chi connectivity index (χ2v) is 2.97. The Morgan fingerprint density at radius 2 is 2.25 bits per heavy atom. The van der Waals surface area contributed by atoms with Gasteiger partial charge in [0.05, 0.1) is 6.61 Å². The van der Waals surface area contributed by atoms with Crippen molar-refractivity contribution in [3.63, 3.8) is 0 Å². The van der Waals surface area contributed by atoms with E-state index in [-0.39, 0.29) is 5.97 Å². The SMILES string of the molecule is CCOC(=O)CCC/C=C\CBr. The summed E-state index contributed by atoms with van der Waals surface area (Å²) in [6.45, 7) is 2.30. The van der Waals surface area contributed by atoms with Gasteiger partial charge in [0.15, 0.2) is 0 Å². The molecule has 0 atom stereocenters. The Labute approximate surface area is 82.1 Å². The molecule has 0 aromatic carbocycles. The summed E-state index contributed by atoms with van der Waals surface area (Å²) >= 11 is 3.28. The van der Waals surface area contributed by atoms with Crippen LogP contribution in [0.4, 0.5) is 0 Å². The second kappa shape index (κ2) is 8.78. The van der Waals surface area contributed by atoms with Crippen LogP contribution in [0.3, 0.4) is 0 Å². The summed E-state index contributed by atoms with van der Waals surface area (Å²) in [4.78, 5) is 10.8. The maximum absolute atomic E-state index is 10.8. The van der Waals surface area contributed by atoms with Crippen LogP contribution in [0, 0.1) is 0 Å². The van der Waals surface area contributed by atoms with Crippen molar-refractivity contribution in [3.8, 4) is 0 Å². The molecule has 0 aromatic rings. The number of carbonyl (C=O) groups excluding carboxylic acids is 1. The van der Waals surface area contributed by atoms with Gasteiger partial charge in [0.25, 0.3) is 0 Å². The number of esters is 1. The molecule has 0 fully saturated rings. The van der Waals surface area contributed by atoms with Crippen LogP contribution in [0.25, 0.3) is 0 Å². The highest BCUT2D eigenvalue weighted by Crippen LogP contribution is 1.99. The number of allylic oxidation sites excluding steroid dienone is 2. The molecule has 0 spiro atoms. The predicted octanol–water partition coefficient (Wildman–Crippen LogP) is 2.67. The van der Waals surface area contributed by atoms with E-state index in [4.69, 9.17) is 4.74 Å². The van der Waals surface area contributed by atoms with Gasteiger partial charge in [0, 0.05) is 11.8 Å². The van der Waals surface area contributed by atoms with E-state index in [1.807, 2.05) is 13.0 Å². The molecule has 0 unspecified atom stereocenters. The molecule has 70 valence electrons. The van der Waals surface area contributed by atoms with Gasteiger partial charge in [0.1, 0.15) is 0 Å². The van der Waals surface area contributed by atoms with Crippen molar-refractivity contribution < 1.29 is 9.53 Å². The number of halogens is 1. The number of carbonyl (C=O) groups is 1. The molecular weight excluding hydrogens is 220 g/mol. The molecule has 0 radical (unpaired) electrons. The molecule has 3 heteroatoms. The number of hydrogen-bond acceptors (Lipinski definition) is 2. The Morgan fingerprint density at radius 1 is 1.50 bits per heavy atom. The van der Waals surface area contributed by atoms with Gasteiger partial charge in [-0.2, -0.15) is 0 Å². The molecule has 0 saturated heterocycles. The zero-order valence-corrected chi connectivity index (χ0v) is 8.97. The van der Waals surface area contributed by atoms with Crippen LogP contribution in [0.15, 0.2) is 12.2 Å². The molecule has 0 heterocycles. The topological polar surface area (TPSA) is 26.3 Å². The van der Waals surface area contributed by atoms with Crippen LogP contribution in [0.1, 0.15) is 26.2 Å². The van der Waals surface area contributed by atoms with Crippen molar-refractivity contribution >= 4 is 21.9 Å². The monoisotopic (exact) mass is 234 g/mol. The Balaban J connectivity index is 3.19. The normalized spacial score (nSPS) is 10.5. The summed E-state index contributed by atoms with van der Waals surface area (Å²) in [6, 6.07) is 0. The van der Waals surface area contributed by atoms with Gasteiger partial charge in [0.2, 0.25) is 0 Å². The molecule has 0 amide bonds. The number of rotatable bonds is 6. The van der Waals surface area contributed by atoms with Gasteiger partial charge < -0.3 is 4.74 Å². The standard InChI is InChI=1S/C9H15BrO2/c1-2-12-9(11)7-5-3-4-6-8-10/h4,6H,2-3,5,7-8H2,1H3/b6-4-. The first-order chi connectivity index (χ1) is 5.81. The maximum atomic E-state index is 10.8. The van der Waals surface area contributed by atoms with E-state index in [1.54, 1.807) is 0 Å². The highest BCUT2D eigenvalue weighted by atomic mass is 79.9.